The van der Waals surface area contributed by atoms with Crippen LogP contribution in [0.5, 0.6) is 0 Å². The molecule has 1 fully saturated rings. The van der Waals surface area contributed by atoms with Crippen LogP contribution in [0.4, 0.5) is 5.69 Å². The summed E-state index contributed by atoms with van der Waals surface area (Å²) in [6, 6.07) is 6.17. The first kappa shape index (κ1) is 15.6. The maximum atomic E-state index is 9.62. The van der Waals surface area contributed by atoms with Gasteiger partial charge in [-0.25, -0.2) is 0 Å². The highest BCUT2D eigenvalue weighted by atomic mass is 35.5. The van der Waals surface area contributed by atoms with Crippen LogP contribution in [-0.4, -0.2) is 29.4 Å². The number of nitrogens with zero attached hydrogens (tertiary/aromatic N) is 1. The van der Waals surface area contributed by atoms with Crippen molar-refractivity contribution in [3.05, 3.63) is 28.8 Å². The minimum Gasteiger partial charge on any atom is -0.395 e. The molecule has 0 saturated heterocycles. The van der Waals surface area contributed by atoms with Crippen molar-refractivity contribution in [1.29, 1.82) is 0 Å². The van der Waals surface area contributed by atoms with Gasteiger partial charge in [0.25, 0.3) is 0 Å². The second-order valence-electron chi connectivity index (χ2n) is 5.60. The fourth-order valence-corrected chi connectivity index (χ4v) is 3.31. The lowest BCUT2D eigenvalue weighted by atomic mass is 9.93. The first-order valence-corrected chi connectivity index (χ1v) is 7.86. The third kappa shape index (κ3) is 3.66. The predicted octanol–water partition coefficient (Wildman–Crippen LogP) is 3.52. The highest BCUT2D eigenvalue weighted by Crippen LogP contribution is 2.33. The molecule has 0 aliphatic heterocycles. The van der Waals surface area contributed by atoms with E-state index in [0.29, 0.717) is 17.6 Å². The number of benzene rings is 1. The van der Waals surface area contributed by atoms with Crippen LogP contribution >= 0.6 is 11.6 Å². The Bertz CT molecular complexity index is 430. The van der Waals surface area contributed by atoms with Crippen molar-refractivity contribution < 1.29 is 10.2 Å². The second-order valence-corrected chi connectivity index (χ2v) is 6.00. The summed E-state index contributed by atoms with van der Waals surface area (Å²) in [5.41, 5.74) is 1.79. The van der Waals surface area contributed by atoms with Gasteiger partial charge in [-0.3, -0.25) is 0 Å². The van der Waals surface area contributed by atoms with E-state index >= 15 is 0 Å². The molecule has 2 N–H and O–H groups in total. The molecule has 112 valence electrons. The average molecular weight is 298 g/mol. The smallest absolute Gasteiger partial charge is 0.0762 e. The third-order valence-corrected chi connectivity index (χ3v) is 4.42. The highest BCUT2D eigenvalue weighted by molar-refractivity contribution is 6.33. The van der Waals surface area contributed by atoms with E-state index in [1.54, 1.807) is 6.92 Å². The average Bonchev–Trinajstić information content (AvgIpc) is 2.46. The van der Waals surface area contributed by atoms with Gasteiger partial charge in [-0.15, -0.1) is 0 Å². The van der Waals surface area contributed by atoms with Gasteiger partial charge in [0.15, 0.2) is 0 Å². The zero-order valence-corrected chi connectivity index (χ0v) is 12.8. The molecule has 4 heteroatoms. The van der Waals surface area contributed by atoms with Crippen molar-refractivity contribution in [3.8, 4) is 0 Å². The molecule has 0 unspecified atom stereocenters. The Hall–Kier alpha value is -0.770. The Morgan fingerprint density at radius 3 is 2.55 bits per heavy atom. The molecule has 0 heterocycles. The molecule has 1 atom stereocenters. The highest BCUT2D eigenvalue weighted by Gasteiger charge is 2.23. The number of rotatable bonds is 5. The largest absolute Gasteiger partial charge is 0.395 e. The van der Waals surface area contributed by atoms with E-state index in [2.05, 4.69) is 4.90 Å². The number of aliphatic hydroxyl groups is 2. The van der Waals surface area contributed by atoms with Gasteiger partial charge in [0, 0.05) is 12.6 Å². The lowest BCUT2D eigenvalue weighted by Gasteiger charge is -2.36. The number of anilines is 1. The first-order chi connectivity index (χ1) is 9.63. The molecular weight excluding hydrogens is 274 g/mol. The fraction of sp³-hybridized carbons (Fsp3) is 0.625. The van der Waals surface area contributed by atoms with Crippen LogP contribution in [0.2, 0.25) is 5.02 Å². The van der Waals surface area contributed by atoms with Gasteiger partial charge in [-0.05, 0) is 37.5 Å². The van der Waals surface area contributed by atoms with E-state index < -0.39 is 6.10 Å². The third-order valence-electron chi connectivity index (χ3n) is 4.12. The van der Waals surface area contributed by atoms with Gasteiger partial charge in [-0.2, -0.15) is 0 Å². The fourth-order valence-electron chi connectivity index (χ4n) is 3.02. The zero-order chi connectivity index (χ0) is 14.5. The minimum absolute atomic E-state index is 0.130. The summed E-state index contributed by atoms with van der Waals surface area (Å²) in [6.07, 6.45) is 5.61. The Labute approximate surface area is 126 Å². The lowest BCUT2D eigenvalue weighted by Crippen LogP contribution is -2.39. The first-order valence-electron chi connectivity index (χ1n) is 7.48. The molecular formula is C16H24ClNO2. The molecule has 20 heavy (non-hydrogen) atoms. The maximum absolute atomic E-state index is 9.62. The normalized spacial score (nSPS) is 18.0. The van der Waals surface area contributed by atoms with E-state index in [1.807, 2.05) is 18.2 Å². The SMILES string of the molecule is C[C@H](O)c1ccc(N(CCO)C2CCCCC2)c(Cl)c1. The minimum atomic E-state index is -0.512. The number of halogens is 1. The van der Waals surface area contributed by atoms with Crippen LogP contribution in [0.25, 0.3) is 0 Å². The summed E-state index contributed by atoms with van der Waals surface area (Å²) in [6.45, 7) is 2.47. The van der Waals surface area contributed by atoms with Crippen LogP contribution < -0.4 is 4.90 Å². The van der Waals surface area contributed by atoms with Gasteiger partial charge in [0.1, 0.15) is 0 Å². The van der Waals surface area contributed by atoms with Gasteiger partial charge >= 0.3 is 0 Å². The Morgan fingerprint density at radius 1 is 1.30 bits per heavy atom. The van der Waals surface area contributed by atoms with Gasteiger partial charge < -0.3 is 15.1 Å². The number of hydrogen-bond acceptors (Lipinski definition) is 3. The van der Waals surface area contributed by atoms with E-state index in [1.165, 1.54) is 19.3 Å². The molecule has 1 aromatic carbocycles. The zero-order valence-electron chi connectivity index (χ0n) is 12.1. The molecule has 0 bridgehead atoms. The molecule has 1 aliphatic rings. The molecule has 2 rings (SSSR count). The summed E-state index contributed by atoms with van der Waals surface area (Å²) >= 11 is 6.39. The van der Waals surface area contributed by atoms with E-state index in [0.717, 1.165) is 24.1 Å². The molecule has 0 amide bonds. The Morgan fingerprint density at radius 2 is 2.00 bits per heavy atom. The van der Waals surface area contributed by atoms with Crippen LogP contribution in [0.1, 0.15) is 50.7 Å². The molecule has 0 aromatic heterocycles. The molecule has 3 nitrogen and oxygen atoms in total. The van der Waals surface area contributed by atoms with Crippen molar-refractivity contribution in [2.45, 2.75) is 51.2 Å². The summed E-state index contributed by atoms with van der Waals surface area (Å²) in [7, 11) is 0. The molecule has 1 saturated carbocycles. The monoisotopic (exact) mass is 297 g/mol. The predicted molar refractivity (Wildman–Crippen MR) is 83.4 cm³/mol. The van der Waals surface area contributed by atoms with Gasteiger partial charge in [0.2, 0.25) is 0 Å². The van der Waals surface area contributed by atoms with E-state index in [4.69, 9.17) is 11.6 Å². The summed E-state index contributed by atoms with van der Waals surface area (Å²) in [4.78, 5) is 2.23. The van der Waals surface area contributed by atoms with Crippen molar-refractivity contribution >= 4 is 17.3 Å². The lowest BCUT2D eigenvalue weighted by molar-refractivity contribution is 0.199. The number of hydrogen-bond donors (Lipinski definition) is 2. The molecule has 1 aromatic rings. The van der Waals surface area contributed by atoms with Crippen molar-refractivity contribution in [2.24, 2.45) is 0 Å². The quantitative estimate of drug-likeness (QED) is 0.874. The summed E-state index contributed by atoms with van der Waals surface area (Å²) in [5, 5.41) is 19.6. The van der Waals surface area contributed by atoms with E-state index in [-0.39, 0.29) is 6.61 Å². The Balaban J connectivity index is 2.24. The molecule has 0 radical (unpaired) electrons. The van der Waals surface area contributed by atoms with Crippen molar-refractivity contribution in [2.75, 3.05) is 18.1 Å². The van der Waals surface area contributed by atoms with Crippen molar-refractivity contribution in [1.82, 2.24) is 0 Å². The van der Waals surface area contributed by atoms with Crippen molar-refractivity contribution in [3.63, 3.8) is 0 Å². The summed E-state index contributed by atoms with van der Waals surface area (Å²) in [5.74, 6) is 0. The second kappa shape index (κ2) is 7.30. The van der Waals surface area contributed by atoms with Crippen LogP contribution in [0.15, 0.2) is 18.2 Å². The topological polar surface area (TPSA) is 43.7 Å². The Kier molecular flexibility index (Phi) is 5.70. The summed E-state index contributed by atoms with van der Waals surface area (Å²) < 4.78 is 0. The maximum Gasteiger partial charge on any atom is 0.0762 e. The number of aliphatic hydroxyl groups excluding tert-OH is 2. The molecule has 0 spiro atoms. The van der Waals surface area contributed by atoms with E-state index in [9.17, 15) is 10.2 Å². The standard InChI is InChI=1S/C16H24ClNO2/c1-12(20)13-7-8-16(15(17)11-13)18(9-10-19)14-5-3-2-4-6-14/h7-8,11-12,14,19-20H,2-6,9-10H2,1H3/t12-/m0/s1. The van der Waals surface area contributed by atoms with Gasteiger partial charge in [0.05, 0.1) is 23.4 Å². The van der Waals surface area contributed by atoms with Crippen LogP contribution in [0, 0.1) is 0 Å². The molecule has 1 aliphatic carbocycles. The van der Waals surface area contributed by atoms with Crippen LogP contribution in [-0.2, 0) is 0 Å². The van der Waals surface area contributed by atoms with Gasteiger partial charge in [-0.1, -0.05) is 36.9 Å². The van der Waals surface area contributed by atoms with Crippen LogP contribution in [0.3, 0.4) is 0 Å².